The number of carbonyl (C=O) groups is 1. The van der Waals surface area contributed by atoms with Gasteiger partial charge in [-0.05, 0) is 47.1 Å². The van der Waals surface area contributed by atoms with E-state index < -0.39 is 0 Å². The minimum Gasteiger partial charge on any atom is -0.354 e. The second-order valence-electron chi connectivity index (χ2n) is 5.85. The van der Waals surface area contributed by atoms with Crippen molar-refractivity contribution in [1.29, 1.82) is 0 Å². The largest absolute Gasteiger partial charge is 0.354 e. The summed E-state index contributed by atoms with van der Waals surface area (Å²) in [4.78, 5) is 14.1. The van der Waals surface area contributed by atoms with Gasteiger partial charge in [-0.3, -0.25) is 9.69 Å². The third kappa shape index (κ3) is 5.83. The average molecular weight is 255 g/mol. The highest BCUT2D eigenvalue weighted by Gasteiger charge is 2.20. The van der Waals surface area contributed by atoms with Crippen LogP contribution in [-0.4, -0.2) is 48.6 Å². The molecule has 1 heterocycles. The monoisotopic (exact) mass is 255 g/mol. The molecule has 1 aliphatic rings. The van der Waals surface area contributed by atoms with Crippen LogP contribution in [0.25, 0.3) is 0 Å². The highest BCUT2D eigenvalue weighted by molar-refractivity contribution is 5.76. The van der Waals surface area contributed by atoms with Gasteiger partial charge in [0.2, 0.25) is 5.91 Å². The smallest absolute Gasteiger partial charge is 0.221 e. The molecule has 18 heavy (non-hydrogen) atoms. The molecular weight excluding hydrogens is 226 g/mol. The third-order valence-electron chi connectivity index (χ3n) is 3.42. The van der Waals surface area contributed by atoms with E-state index in [1.54, 1.807) is 0 Å². The molecule has 0 aromatic carbocycles. The molecule has 1 amide bonds. The lowest BCUT2D eigenvalue weighted by atomic mass is 10.2. The van der Waals surface area contributed by atoms with Crippen LogP contribution in [0.2, 0.25) is 0 Å². The standard InChI is InChI=1S/C14H29N3O/c1-11(2)16-14(18)7-9-17(12(3)4)10-13-6-5-8-15-13/h11-13,15H,5-10H2,1-4H3,(H,16,18). The van der Waals surface area contributed by atoms with Gasteiger partial charge in [-0.15, -0.1) is 0 Å². The Morgan fingerprint density at radius 1 is 1.39 bits per heavy atom. The molecule has 4 heteroatoms. The molecule has 1 atom stereocenters. The first-order valence-corrected chi connectivity index (χ1v) is 7.26. The summed E-state index contributed by atoms with van der Waals surface area (Å²) in [6, 6.07) is 1.35. The number of nitrogens with one attached hydrogen (secondary N) is 2. The molecule has 0 saturated carbocycles. The molecule has 0 aromatic rings. The molecule has 106 valence electrons. The van der Waals surface area contributed by atoms with E-state index in [1.165, 1.54) is 12.8 Å². The summed E-state index contributed by atoms with van der Waals surface area (Å²) in [5, 5.41) is 6.47. The van der Waals surface area contributed by atoms with E-state index in [0.717, 1.165) is 19.6 Å². The molecule has 0 radical (unpaired) electrons. The minimum absolute atomic E-state index is 0.162. The first-order valence-electron chi connectivity index (χ1n) is 7.26. The van der Waals surface area contributed by atoms with Crippen molar-refractivity contribution in [2.24, 2.45) is 0 Å². The number of amides is 1. The lowest BCUT2D eigenvalue weighted by Crippen LogP contribution is -2.43. The van der Waals surface area contributed by atoms with Crippen molar-refractivity contribution in [2.45, 2.75) is 65.1 Å². The molecule has 1 aliphatic heterocycles. The Balaban J connectivity index is 2.30. The van der Waals surface area contributed by atoms with Gasteiger partial charge in [-0.2, -0.15) is 0 Å². The van der Waals surface area contributed by atoms with Crippen molar-refractivity contribution in [3.63, 3.8) is 0 Å². The van der Waals surface area contributed by atoms with Crippen LogP contribution >= 0.6 is 0 Å². The summed E-state index contributed by atoms with van der Waals surface area (Å²) >= 11 is 0. The molecule has 0 spiro atoms. The second kappa shape index (κ2) is 7.74. The van der Waals surface area contributed by atoms with E-state index in [4.69, 9.17) is 0 Å². The van der Waals surface area contributed by atoms with Crippen molar-refractivity contribution >= 4 is 5.91 Å². The Labute approximate surface area is 111 Å². The molecule has 0 aromatic heterocycles. The van der Waals surface area contributed by atoms with E-state index in [1.807, 2.05) is 13.8 Å². The Kier molecular flexibility index (Phi) is 6.65. The van der Waals surface area contributed by atoms with Crippen molar-refractivity contribution in [3.8, 4) is 0 Å². The summed E-state index contributed by atoms with van der Waals surface area (Å²) in [5.41, 5.74) is 0. The van der Waals surface area contributed by atoms with E-state index in [0.29, 0.717) is 18.5 Å². The lowest BCUT2D eigenvalue weighted by molar-refractivity contribution is -0.122. The van der Waals surface area contributed by atoms with Gasteiger partial charge in [0.25, 0.3) is 0 Å². The van der Waals surface area contributed by atoms with Crippen molar-refractivity contribution < 1.29 is 4.79 Å². The molecule has 4 nitrogen and oxygen atoms in total. The first-order chi connectivity index (χ1) is 8.49. The first kappa shape index (κ1) is 15.4. The minimum atomic E-state index is 0.162. The molecule has 1 saturated heterocycles. The number of hydrogen-bond acceptors (Lipinski definition) is 3. The summed E-state index contributed by atoms with van der Waals surface area (Å²) in [7, 11) is 0. The van der Waals surface area contributed by atoms with Crippen LogP contribution in [0.15, 0.2) is 0 Å². The third-order valence-corrected chi connectivity index (χ3v) is 3.42. The van der Waals surface area contributed by atoms with Gasteiger partial charge >= 0.3 is 0 Å². The predicted molar refractivity (Wildman–Crippen MR) is 75.6 cm³/mol. The molecule has 1 unspecified atom stereocenters. The summed E-state index contributed by atoms with van der Waals surface area (Å²) in [6.45, 7) is 11.5. The second-order valence-corrected chi connectivity index (χ2v) is 5.85. The van der Waals surface area contributed by atoms with Gasteiger partial charge in [-0.1, -0.05) is 0 Å². The normalized spacial score (nSPS) is 20.1. The number of hydrogen-bond donors (Lipinski definition) is 2. The maximum absolute atomic E-state index is 11.7. The summed E-state index contributed by atoms with van der Waals surface area (Å²) in [5.74, 6) is 0.162. The van der Waals surface area contributed by atoms with E-state index in [-0.39, 0.29) is 11.9 Å². The van der Waals surface area contributed by atoms with Crippen molar-refractivity contribution in [3.05, 3.63) is 0 Å². The number of rotatable bonds is 7. The van der Waals surface area contributed by atoms with Crippen LogP contribution in [0.4, 0.5) is 0 Å². The molecule has 2 N–H and O–H groups in total. The van der Waals surface area contributed by atoms with E-state index in [9.17, 15) is 4.79 Å². The zero-order valence-electron chi connectivity index (χ0n) is 12.3. The zero-order valence-corrected chi connectivity index (χ0v) is 12.3. The van der Waals surface area contributed by atoms with Crippen LogP contribution < -0.4 is 10.6 Å². The fourth-order valence-electron chi connectivity index (χ4n) is 2.40. The SMILES string of the molecule is CC(C)NC(=O)CCN(CC1CCCN1)C(C)C. The molecule has 0 aliphatic carbocycles. The summed E-state index contributed by atoms with van der Waals surface area (Å²) < 4.78 is 0. The predicted octanol–water partition coefficient (Wildman–Crippen LogP) is 1.36. The Morgan fingerprint density at radius 3 is 2.61 bits per heavy atom. The van der Waals surface area contributed by atoms with Crippen LogP contribution in [0.1, 0.15) is 47.0 Å². The highest BCUT2D eigenvalue weighted by atomic mass is 16.1. The van der Waals surface area contributed by atoms with E-state index >= 15 is 0 Å². The Morgan fingerprint density at radius 2 is 2.11 bits per heavy atom. The van der Waals surface area contributed by atoms with Gasteiger partial charge < -0.3 is 10.6 Å². The fraction of sp³-hybridized carbons (Fsp3) is 0.929. The fourth-order valence-corrected chi connectivity index (χ4v) is 2.40. The van der Waals surface area contributed by atoms with Gasteiger partial charge in [0.15, 0.2) is 0 Å². The van der Waals surface area contributed by atoms with Crippen molar-refractivity contribution in [2.75, 3.05) is 19.6 Å². The number of nitrogens with zero attached hydrogens (tertiary/aromatic N) is 1. The Hall–Kier alpha value is -0.610. The molecule has 1 fully saturated rings. The maximum atomic E-state index is 11.7. The van der Waals surface area contributed by atoms with Gasteiger partial charge in [0, 0.05) is 37.6 Å². The quantitative estimate of drug-likeness (QED) is 0.722. The number of carbonyl (C=O) groups excluding carboxylic acids is 1. The van der Waals surface area contributed by atoms with Crippen molar-refractivity contribution in [1.82, 2.24) is 15.5 Å². The molecular formula is C14H29N3O. The molecule has 1 rings (SSSR count). The lowest BCUT2D eigenvalue weighted by Gasteiger charge is -2.29. The van der Waals surface area contributed by atoms with Gasteiger partial charge in [0.05, 0.1) is 0 Å². The van der Waals surface area contributed by atoms with E-state index in [2.05, 4.69) is 29.4 Å². The van der Waals surface area contributed by atoms with Crippen LogP contribution in [0.5, 0.6) is 0 Å². The molecule has 0 bridgehead atoms. The maximum Gasteiger partial charge on any atom is 0.221 e. The van der Waals surface area contributed by atoms with Crippen LogP contribution in [-0.2, 0) is 4.79 Å². The van der Waals surface area contributed by atoms with Gasteiger partial charge in [-0.25, -0.2) is 0 Å². The topological polar surface area (TPSA) is 44.4 Å². The summed E-state index contributed by atoms with van der Waals surface area (Å²) in [6.07, 6.45) is 3.15. The van der Waals surface area contributed by atoms with Gasteiger partial charge in [0.1, 0.15) is 0 Å². The highest BCUT2D eigenvalue weighted by Crippen LogP contribution is 2.09. The van der Waals surface area contributed by atoms with Crippen LogP contribution in [0.3, 0.4) is 0 Å². The Bertz CT molecular complexity index is 247. The average Bonchev–Trinajstić information content (AvgIpc) is 2.75. The zero-order chi connectivity index (χ0) is 13.5. The van der Waals surface area contributed by atoms with Crippen LogP contribution in [0, 0.1) is 0 Å².